The highest BCUT2D eigenvalue weighted by Gasteiger charge is 2.30. The molecule has 0 spiro atoms. The summed E-state index contributed by atoms with van der Waals surface area (Å²) in [6, 6.07) is 5.51. The van der Waals surface area contributed by atoms with Gasteiger partial charge in [0.15, 0.2) is 0 Å². The first-order chi connectivity index (χ1) is 9.99. The summed E-state index contributed by atoms with van der Waals surface area (Å²) >= 11 is 0. The third-order valence-corrected chi connectivity index (χ3v) is 4.34. The van der Waals surface area contributed by atoms with Gasteiger partial charge in [0.2, 0.25) is 0 Å². The van der Waals surface area contributed by atoms with E-state index in [1.54, 1.807) is 12.1 Å². The number of halogens is 3. The van der Waals surface area contributed by atoms with Crippen molar-refractivity contribution in [2.75, 3.05) is 0 Å². The fraction of sp³-hybridized carbons (Fsp3) is 0.625. The van der Waals surface area contributed by atoms with Crippen LogP contribution < -0.4 is 11.3 Å². The molecule has 0 heterocycles. The first-order valence-electron chi connectivity index (χ1n) is 7.61. The highest BCUT2D eigenvalue weighted by molar-refractivity contribution is 5.25. The molecule has 5 heteroatoms. The van der Waals surface area contributed by atoms with E-state index in [0.717, 1.165) is 24.1 Å². The lowest BCUT2D eigenvalue weighted by Crippen LogP contribution is -2.38. The highest BCUT2D eigenvalue weighted by Crippen LogP contribution is 2.30. The lowest BCUT2D eigenvalue weighted by molar-refractivity contribution is -0.137. The van der Waals surface area contributed by atoms with E-state index in [1.807, 2.05) is 0 Å². The molecule has 1 fully saturated rings. The number of hydrogen-bond donors (Lipinski definition) is 2. The van der Waals surface area contributed by atoms with Gasteiger partial charge in [0, 0.05) is 6.04 Å². The molecule has 1 atom stereocenters. The van der Waals surface area contributed by atoms with E-state index in [0.29, 0.717) is 12.3 Å². The van der Waals surface area contributed by atoms with E-state index in [4.69, 9.17) is 5.84 Å². The van der Waals surface area contributed by atoms with Gasteiger partial charge in [-0.1, -0.05) is 44.2 Å². The number of hydrogen-bond acceptors (Lipinski definition) is 2. The van der Waals surface area contributed by atoms with Gasteiger partial charge in [0.25, 0.3) is 0 Å². The lowest BCUT2D eigenvalue weighted by atomic mass is 9.84. The molecule has 1 aliphatic carbocycles. The van der Waals surface area contributed by atoms with Crippen molar-refractivity contribution >= 4 is 0 Å². The van der Waals surface area contributed by atoms with Gasteiger partial charge in [-0.25, -0.2) is 0 Å². The quantitative estimate of drug-likeness (QED) is 0.636. The van der Waals surface area contributed by atoms with E-state index in [2.05, 4.69) is 5.43 Å². The second-order valence-electron chi connectivity index (χ2n) is 6.00. The van der Waals surface area contributed by atoms with E-state index < -0.39 is 11.7 Å². The smallest absolute Gasteiger partial charge is 0.271 e. The molecule has 0 radical (unpaired) electrons. The van der Waals surface area contributed by atoms with Crippen molar-refractivity contribution in [3.63, 3.8) is 0 Å². The summed E-state index contributed by atoms with van der Waals surface area (Å²) in [6.45, 7) is 0. The molecule has 0 aromatic heterocycles. The Bertz CT molecular complexity index is 422. The minimum absolute atomic E-state index is 0.129. The zero-order chi connectivity index (χ0) is 15.3. The predicted octanol–water partition coefficient (Wildman–Crippen LogP) is 4.05. The molecule has 0 saturated heterocycles. The van der Waals surface area contributed by atoms with E-state index >= 15 is 0 Å². The average molecular weight is 300 g/mol. The molecular formula is C16H23F3N2. The Morgan fingerprint density at radius 1 is 1.10 bits per heavy atom. The number of alkyl halides is 3. The molecule has 1 aromatic rings. The number of nitrogens with two attached hydrogens (primary N) is 1. The van der Waals surface area contributed by atoms with Gasteiger partial charge in [-0.3, -0.25) is 11.3 Å². The van der Waals surface area contributed by atoms with Crippen molar-refractivity contribution in [2.24, 2.45) is 11.8 Å². The van der Waals surface area contributed by atoms with Crippen LogP contribution in [0.25, 0.3) is 0 Å². The van der Waals surface area contributed by atoms with Crippen LogP contribution in [0.1, 0.15) is 49.7 Å². The van der Waals surface area contributed by atoms with Crippen molar-refractivity contribution in [2.45, 2.75) is 57.2 Å². The third-order valence-electron chi connectivity index (χ3n) is 4.34. The lowest BCUT2D eigenvalue weighted by Gasteiger charge is -2.26. The summed E-state index contributed by atoms with van der Waals surface area (Å²) < 4.78 is 37.6. The van der Waals surface area contributed by atoms with Crippen molar-refractivity contribution in [1.82, 2.24) is 5.43 Å². The summed E-state index contributed by atoms with van der Waals surface area (Å²) in [5, 5.41) is 0. The van der Waals surface area contributed by atoms with Crippen LogP contribution in [-0.2, 0) is 12.6 Å². The summed E-state index contributed by atoms with van der Waals surface area (Å²) in [6.07, 6.45) is 3.76. The van der Waals surface area contributed by atoms with Crippen LogP contribution in [0.15, 0.2) is 24.3 Å². The SMILES string of the molecule is NNC(Cc1ccc(C(F)(F)F)cc1)CC1CCCCC1. The number of hydrazine groups is 1. The van der Waals surface area contributed by atoms with Crippen LogP contribution in [-0.4, -0.2) is 6.04 Å². The Kier molecular flexibility index (Phi) is 5.65. The van der Waals surface area contributed by atoms with Gasteiger partial charge in [0.05, 0.1) is 5.56 Å². The number of nitrogens with one attached hydrogen (secondary N) is 1. The number of benzene rings is 1. The van der Waals surface area contributed by atoms with Gasteiger partial charge >= 0.3 is 6.18 Å². The molecule has 1 unspecified atom stereocenters. The second-order valence-corrected chi connectivity index (χ2v) is 6.00. The molecule has 1 aromatic carbocycles. The summed E-state index contributed by atoms with van der Waals surface area (Å²) in [7, 11) is 0. The van der Waals surface area contributed by atoms with Gasteiger partial charge in [0.1, 0.15) is 0 Å². The van der Waals surface area contributed by atoms with Crippen LogP contribution in [0.3, 0.4) is 0 Å². The van der Waals surface area contributed by atoms with Crippen molar-refractivity contribution in [1.29, 1.82) is 0 Å². The zero-order valence-electron chi connectivity index (χ0n) is 12.1. The molecule has 118 valence electrons. The Balaban J connectivity index is 1.91. The molecule has 0 amide bonds. The monoisotopic (exact) mass is 300 g/mol. The van der Waals surface area contributed by atoms with Crippen LogP contribution in [0, 0.1) is 5.92 Å². The molecule has 1 aliphatic rings. The first-order valence-corrected chi connectivity index (χ1v) is 7.61. The largest absolute Gasteiger partial charge is 0.416 e. The maximum absolute atomic E-state index is 12.5. The van der Waals surface area contributed by atoms with Gasteiger partial charge < -0.3 is 0 Å². The molecular weight excluding hydrogens is 277 g/mol. The molecule has 1 saturated carbocycles. The maximum atomic E-state index is 12.5. The Labute approximate surface area is 123 Å². The maximum Gasteiger partial charge on any atom is 0.416 e. The molecule has 3 N–H and O–H groups in total. The zero-order valence-corrected chi connectivity index (χ0v) is 12.1. The van der Waals surface area contributed by atoms with Crippen LogP contribution in [0.5, 0.6) is 0 Å². The van der Waals surface area contributed by atoms with Crippen molar-refractivity contribution in [3.8, 4) is 0 Å². The Morgan fingerprint density at radius 3 is 2.24 bits per heavy atom. The summed E-state index contributed by atoms with van der Waals surface area (Å²) in [4.78, 5) is 0. The Morgan fingerprint density at radius 2 is 1.71 bits per heavy atom. The predicted molar refractivity (Wildman–Crippen MR) is 77.5 cm³/mol. The minimum atomic E-state index is -4.27. The van der Waals surface area contributed by atoms with Gasteiger partial charge in [-0.05, 0) is 36.5 Å². The second kappa shape index (κ2) is 7.27. The minimum Gasteiger partial charge on any atom is -0.271 e. The number of rotatable bonds is 5. The highest BCUT2D eigenvalue weighted by atomic mass is 19.4. The topological polar surface area (TPSA) is 38.0 Å². The Hall–Kier alpha value is -1.07. The van der Waals surface area contributed by atoms with Crippen LogP contribution in [0.2, 0.25) is 0 Å². The molecule has 21 heavy (non-hydrogen) atoms. The van der Waals surface area contributed by atoms with Crippen molar-refractivity contribution < 1.29 is 13.2 Å². The molecule has 0 bridgehead atoms. The van der Waals surface area contributed by atoms with Crippen molar-refractivity contribution in [3.05, 3.63) is 35.4 Å². The third kappa shape index (κ3) is 5.00. The summed E-state index contributed by atoms with van der Waals surface area (Å²) in [5.74, 6) is 6.30. The van der Waals surface area contributed by atoms with Gasteiger partial charge in [-0.2, -0.15) is 13.2 Å². The molecule has 2 nitrogen and oxygen atoms in total. The van der Waals surface area contributed by atoms with Crippen LogP contribution >= 0.6 is 0 Å². The normalized spacial score (nSPS) is 18.7. The molecule has 2 rings (SSSR count). The molecule has 0 aliphatic heterocycles. The standard InChI is InChI=1S/C16H23F3N2/c17-16(18,19)14-8-6-13(7-9-14)11-15(21-20)10-12-4-2-1-3-5-12/h6-9,12,15,21H,1-5,10-11,20H2. The average Bonchev–Trinajstić information content (AvgIpc) is 2.47. The summed E-state index contributed by atoms with van der Waals surface area (Å²) in [5.41, 5.74) is 3.11. The van der Waals surface area contributed by atoms with E-state index in [1.165, 1.54) is 32.1 Å². The van der Waals surface area contributed by atoms with E-state index in [-0.39, 0.29) is 6.04 Å². The van der Waals surface area contributed by atoms with E-state index in [9.17, 15) is 13.2 Å². The fourth-order valence-corrected chi connectivity index (χ4v) is 3.15. The van der Waals surface area contributed by atoms with Gasteiger partial charge in [-0.15, -0.1) is 0 Å². The first kappa shape index (κ1) is 16.3. The fourth-order valence-electron chi connectivity index (χ4n) is 3.15. The van der Waals surface area contributed by atoms with Crippen LogP contribution in [0.4, 0.5) is 13.2 Å².